The van der Waals surface area contributed by atoms with Crippen LogP contribution >= 0.6 is 0 Å². The number of aromatic nitrogens is 2. The Labute approximate surface area is 151 Å². The number of primary amides is 1. The van der Waals surface area contributed by atoms with Gasteiger partial charge in [-0.25, -0.2) is 4.68 Å². The number of ether oxygens (including phenoxy) is 1. The second kappa shape index (κ2) is 8.01. The van der Waals surface area contributed by atoms with Crippen molar-refractivity contribution in [3.8, 4) is 11.4 Å². The lowest BCUT2D eigenvalue weighted by Crippen LogP contribution is -2.49. The summed E-state index contributed by atoms with van der Waals surface area (Å²) in [6, 6.07) is 9.09. The molecule has 0 bridgehead atoms. The number of carbonyl (C=O) groups excluding carboxylic acids is 2. The van der Waals surface area contributed by atoms with E-state index in [2.05, 4.69) is 10.4 Å². The molecule has 1 saturated heterocycles. The summed E-state index contributed by atoms with van der Waals surface area (Å²) in [5, 5.41) is 7.34. The molecule has 3 N–H and O–H groups in total. The Morgan fingerprint density at radius 1 is 1.31 bits per heavy atom. The number of nitrogens with two attached hydrogens (primary N) is 1. The second-order valence-corrected chi connectivity index (χ2v) is 6.36. The standard InChI is InChI=1S/C18H23N5O3/c1-26-15-6-4-14(5-7-15)23-10-8-16(21-23)18(25)20-13-3-2-9-22(11-13)12-17(19)24/h4-8,10,13H,2-3,9,11-12H2,1H3,(H2,19,24)(H,20,25). The topological polar surface area (TPSA) is 102 Å². The third-order valence-electron chi connectivity index (χ3n) is 4.38. The quantitative estimate of drug-likeness (QED) is 0.786. The van der Waals surface area contributed by atoms with Crippen molar-refractivity contribution in [3.63, 3.8) is 0 Å². The normalized spacial score (nSPS) is 17.7. The predicted molar refractivity (Wildman–Crippen MR) is 96.2 cm³/mol. The highest BCUT2D eigenvalue weighted by molar-refractivity contribution is 5.92. The number of hydrogen-bond acceptors (Lipinski definition) is 5. The van der Waals surface area contributed by atoms with Crippen LogP contribution in [0.4, 0.5) is 0 Å². The summed E-state index contributed by atoms with van der Waals surface area (Å²) in [6.45, 7) is 1.66. The van der Waals surface area contributed by atoms with E-state index < -0.39 is 0 Å². The molecule has 1 aromatic heterocycles. The monoisotopic (exact) mass is 357 g/mol. The maximum Gasteiger partial charge on any atom is 0.272 e. The third-order valence-corrected chi connectivity index (χ3v) is 4.38. The van der Waals surface area contributed by atoms with Gasteiger partial charge in [0.25, 0.3) is 5.91 Å². The van der Waals surface area contributed by atoms with Gasteiger partial charge in [-0.05, 0) is 49.7 Å². The number of nitrogens with one attached hydrogen (secondary N) is 1. The van der Waals surface area contributed by atoms with Gasteiger partial charge in [0, 0.05) is 18.8 Å². The zero-order valence-electron chi connectivity index (χ0n) is 14.7. The molecule has 0 radical (unpaired) electrons. The van der Waals surface area contributed by atoms with E-state index in [9.17, 15) is 9.59 Å². The van der Waals surface area contributed by atoms with E-state index in [1.807, 2.05) is 29.2 Å². The largest absolute Gasteiger partial charge is 0.497 e. The number of amides is 2. The van der Waals surface area contributed by atoms with Crippen molar-refractivity contribution in [2.75, 3.05) is 26.7 Å². The summed E-state index contributed by atoms with van der Waals surface area (Å²) in [4.78, 5) is 25.5. The van der Waals surface area contributed by atoms with Crippen molar-refractivity contribution < 1.29 is 14.3 Å². The molecule has 0 aliphatic carbocycles. The zero-order valence-corrected chi connectivity index (χ0v) is 14.7. The Hall–Kier alpha value is -2.87. The molecular weight excluding hydrogens is 334 g/mol. The van der Waals surface area contributed by atoms with Crippen LogP contribution in [0.1, 0.15) is 23.3 Å². The average Bonchev–Trinajstić information content (AvgIpc) is 3.12. The first-order valence-corrected chi connectivity index (χ1v) is 8.57. The third kappa shape index (κ3) is 4.40. The summed E-state index contributed by atoms with van der Waals surface area (Å²) in [6.07, 6.45) is 3.54. The van der Waals surface area contributed by atoms with Crippen LogP contribution < -0.4 is 15.8 Å². The van der Waals surface area contributed by atoms with Crippen molar-refractivity contribution >= 4 is 11.8 Å². The van der Waals surface area contributed by atoms with Crippen LogP contribution in [0, 0.1) is 0 Å². The summed E-state index contributed by atoms with van der Waals surface area (Å²) in [7, 11) is 1.61. The molecule has 1 aromatic carbocycles. The number of hydrogen-bond donors (Lipinski definition) is 2. The molecule has 2 amide bonds. The first-order valence-electron chi connectivity index (χ1n) is 8.57. The number of rotatable bonds is 6. The maximum atomic E-state index is 12.5. The van der Waals surface area contributed by atoms with Crippen molar-refractivity contribution in [3.05, 3.63) is 42.2 Å². The fraction of sp³-hybridized carbons (Fsp3) is 0.389. The number of carbonyl (C=O) groups is 2. The fourth-order valence-electron chi connectivity index (χ4n) is 3.12. The maximum absolute atomic E-state index is 12.5. The Morgan fingerprint density at radius 3 is 2.77 bits per heavy atom. The summed E-state index contributed by atoms with van der Waals surface area (Å²) in [5.41, 5.74) is 6.45. The summed E-state index contributed by atoms with van der Waals surface area (Å²) >= 11 is 0. The molecule has 1 aliphatic rings. The minimum atomic E-state index is -0.352. The molecule has 3 rings (SSSR count). The van der Waals surface area contributed by atoms with E-state index in [0.717, 1.165) is 30.8 Å². The van der Waals surface area contributed by atoms with Gasteiger partial charge in [-0.3, -0.25) is 14.5 Å². The highest BCUT2D eigenvalue weighted by Crippen LogP contribution is 2.15. The van der Waals surface area contributed by atoms with Crippen molar-refractivity contribution in [2.45, 2.75) is 18.9 Å². The van der Waals surface area contributed by atoms with E-state index in [-0.39, 0.29) is 24.4 Å². The van der Waals surface area contributed by atoms with Crippen LogP contribution in [0.15, 0.2) is 36.5 Å². The molecule has 0 spiro atoms. The van der Waals surface area contributed by atoms with Gasteiger partial charge in [-0.2, -0.15) is 5.10 Å². The van der Waals surface area contributed by atoms with E-state index in [1.165, 1.54) is 0 Å². The van der Waals surface area contributed by atoms with Crippen LogP contribution in [-0.4, -0.2) is 59.3 Å². The fourth-order valence-corrected chi connectivity index (χ4v) is 3.12. The first-order chi connectivity index (χ1) is 12.5. The predicted octanol–water partition coefficient (Wildman–Crippen LogP) is 0.560. The van der Waals surface area contributed by atoms with Crippen LogP contribution in [0.2, 0.25) is 0 Å². The van der Waals surface area contributed by atoms with E-state index in [0.29, 0.717) is 12.2 Å². The van der Waals surface area contributed by atoms with Crippen LogP contribution in [0.3, 0.4) is 0 Å². The lowest BCUT2D eigenvalue weighted by molar-refractivity contribution is -0.119. The molecule has 2 aromatic rings. The van der Waals surface area contributed by atoms with Gasteiger partial charge in [-0.1, -0.05) is 0 Å². The Balaban J connectivity index is 1.61. The minimum Gasteiger partial charge on any atom is -0.497 e. The Bertz CT molecular complexity index is 771. The molecule has 1 atom stereocenters. The van der Waals surface area contributed by atoms with Gasteiger partial charge in [-0.15, -0.1) is 0 Å². The van der Waals surface area contributed by atoms with Crippen molar-refractivity contribution in [2.24, 2.45) is 5.73 Å². The van der Waals surface area contributed by atoms with E-state index in [1.54, 1.807) is 24.1 Å². The summed E-state index contributed by atoms with van der Waals surface area (Å²) in [5.74, 6) is 0.190. The van der Waals surface area contributed by atoms with Crippen molar-refractivity contribution in [1.82, 2.24) is 20.0 Å². The number of likely N-dealkylation sites (tertiary alicyclic amines) is 1. The molecule has 1 aliphatic heterocycles. The van der Waals surface area contributed by atoms with Gasteiger partial charge in [0.2, 0.25) is 5.91 Å². The Morgan fingerprint density at radius 2 is 2.08 bits per heavy atom. The lowest BCUT2D eigenvalue weighted by atomic mass is 10.1. The van der Waals surface area contributed by atoms with E-state index in [4.69, 9.17) is 10.5 Å². The minimum absolute atomic E-state index is 0.0123. The van der Waals surface area contributed by atoms with Gasteiger partial charge in [0.05, 0.1) is 19.3 Å². The molecule has 8 nitrogen and oxygen atoms in total. The smallest absolute Gasteiger partial charge is 0.272 e. The first kappa shape index (κ1) is 17.9. The second-order valence-electron chi connectivity index (χ2n) is 6.36. The number of piperidine rings is 1. The van der Waals surface area contributed by atoms with Gasteiger partial charge in [0.15, 0.2) is 5.69 Å². The molecule has 1 fully saturated rings. The molecule has 138 valence electrons. The molecule has 1 unspecified atom stereocenters. The Kier molecular flexibility index (Phi) is 5.52. The van der Waals surface area contributed by atoms with Gasteiger partial charge in [0.1, 0.15) is 5.75 Å². The molecule has 0 saturated carbocycles. The summed E-state index contributed by atoms with van der Waals surface area (Å²) < 4.78 is 6.79. The van der Waals surface area contributed by atoms with E-state index >= 15 is 0 Å². The van der Waals surface area contributed by atoms with Crippen LogP contribution in [0.5, 0.6) is 5.75 Å². The zero-order chi connectivity index (χ0) is 18.5. The van der Waals surface area contributed by atoms with Gasteiger partial charge < -0.3 is 15.8 Å². The SMILES string of the molecule is COc1ccc(-n2ccc(C(=O)NC3CCCN(CC(N)=O)C3)n2)cc1. The average molecular weight is 357 g/mol. The molecule has 26 heavy (non-hydrogen) atoms. The van der Waals surface area contributed by atoms with Crippen LogP contribution in [0.25, 0.3) is 5.69 Å². The van der Waals surface area contributed by atoms with Crippen LogP contribution in [-0.2, 0) is 4.79 Å². The highest BCUT2D eigenvalue weighted by Gasteiger charge is 2.23. The lowest BCUT2D eigenvalue weighted by Gasteiger charge is -2.32. The number of nitrogens with zero attached hydrogens (tertiary/aromatic N) is 3. The number of methoxy groups -OCH3 is 1. The number of benzene rings is 1. The molecular formula is C18H23N5O3. The van der Waals surface area contributed by atoms with Gasteiger partial charge >= 0.3 is 0 Å². The molecule has 8 heteroatoms. The highest BCUT2D eigenvalue weighted by atomic mass is 16.5. The molecule has 2 heterocycles. The van der Waals surface area contributed by atoms with Crippen molar-refractivity contribution in [1.29, 1.82) is 0 Å².